The molecule has 1 aromatic rings. The molecule has 2 saturated carbocycles. The summed E-state index contributed by atoms with van der Waals surface area (Å²) in [6.07, 6.45) is 7.45. The van der Waals surface area contributed by atoms with Crippen LogP contribution in [-0.4, -0.2) is 31.7 Å². The van der Waals surface area contributed by atoms with Crippen LogP contribution in [0.2, 0.25) is 0 Å². The van der Waals surface area contributed by atoms with E-state index in [-0.39, 0.29) is 6.04 Å². The van der Waals surface area contributed by atoms with E-state index in [9.17, 15) is 5.11 Å². The molecule has 3 rings (SSSR count). The van der Waals surface area contributed by atoms with Crippen LogP contribution in [0.1, 0.15) is 50.8 Å². The van der Waals surface area contributed by atoms with Crippen LogP contribution in [0.4, 0.5) is 0 Å². The van der Waals surface area contributed by atoms with E-state index in [1.807, 2.05) is 17.8 Å². The molecule has 0 saturated heterocycles. The lowest BCUT2D eigenvalue weighted by atomic mass is 10.0. The maximum absolute atomic E-state index is 10.2. The van der Waals surface area contributed by atoms with Gasteiger partial charge >= 0.3 is 0 Å². The van der Waals surface area contributed by atoms with E-state index in [0.29, 0.717) is 6.04 Å². The molecule has 2 unspecified atom stereocenters. The minimum Gasteiger partial charge on any atom is -0.388 e. The number of hydrogen-bond acceptors (Lipinski definition) is 4. The Hall–Kier alpha value is -0.940. The summed E-state index contributed by atoms with van der Waals surface area (Å²) in [7, 11) is 0. The largest absolute Gasteiger partial charge is 0.388 e. The molecule has 2 aliphatic rings. The SMILES string of the molecule is CC1(O)CCCC1n1cc(CNC2CC2)nn1. The van der Waals surface area contributed by atoms with Gasteiger partial charge in [0.1, 0.15) is 0 Å². The van der Waals surface area contributed by atoms with E-state index in [4.69, 9.17) is 0 Å². The molecular weight excluding hydrogens is 216 g/mol. The maximum Gasteiger partial charge on any atom is 0.0965 e. The minimum atomic E-state index is -0.630. The fraction of sp³-hybridized carbons (Fsp3) is 0.833. The fourth-order valence-electron chi connectivity index (χ4n) is 2.63. The summed E-state index contributed by atoms with van der Waals surface area (Å²) >= 11 is 0. The summed E-state index contributed by atoms with van der Waals surface area (Å²) in [5.41, 5.74) is 0.342. The number of aliphatic hydroxyl groups is 1. The van der Waals surface area contributed by atoms with Crippen molar-refractivity contribution in [1.29, 1.82) is 0 Å². The number of aromatic nitrogens is 3. The van der Waals surface area contributed by atoms with Gasteiger partial charge in [0.15, 0.2) is 0 Å². The monoisotopic (exact) mass is 236 g/mol. The molecule has 17 heavy (non-hydrogen) atoms. The quantitative estimate of drug-likeness (QED) is 0.819. The number of nitrogens with one attached hydrogen (secondary N) is 1. The predicted molar refractivity (Wildman–Crippen MR) is 63.4 cm³/mol. The normalized spacial score (nSPS) is 33.2. The molecule has 0 aliphatic heterocycles. The summed E-state index contributed by atoms with van der Waals surface area (Å²) in [4.78, 5) is 0. The smallest absolute Gasteiger partial charge is 0.0965 e. The van der Waals surface area contributed by atoms with Crippen molar-refractivity contribution in [2.45, 2.75) is 63.3 Å². The highest BCUT2D eigenvalue weighted by atomic mass is 16.3. The predicted octanol–water partition coefficient (Wildman–Crippen LogP) is 1.01. The van der Waals surface area contributed by atoms with Crippen LogP contribution in [-0.2, 0) is 6.54 Å². The van der Waals surface area contributed by atoms with Gasteiger partial charge < -0.3 is 10.4 Å². The van der Waals surface area contributed by atoms with Crippen molar-refractivity contribution in [2.24, 2.45) is 0 Å². The third-order valence-corrected chi connectivity index (χ3v) is 3.90. The molecular formula is C12H20N4O. The van der Waals surface area contributed by atoms with E-state index in [0.717, 1.165) is 31.5 Å². The van der Waals surface area contributed by atoms with E-state index in [1.165, 1.54) is 12.8 Å². The van der Waals surface area contributed by atoms with Gasteiger partial charge in [-0.25, -0.2) is 4.68 Å². The summed E-state index contributed by atoms with van der Waals surface area (Å²) < 4.78 is 1.84. The zero-order chi connectivity index (χ0) is 11.9. The van der Waals surface area contributed by atoms with Crippen molar-refractivity contribution in [3.63, 3.8) is 0 Å². The highest BCUT2D eigenvalue weighted by Crippen LogP contribution is 2.38. The van der Waals surface area contributed by atoms with Crippen LogP contribution in [0.3, 0.4) is 0 Å². The molecule has 0 bridgehead atoms. The number of rotatable bonds is 4. The van der Waals surface area contributed by atoms with Crippen molar-refractivity contribution in [3.05, 3.63) is 11.9 Å². The lowest BCUT2D eigenvalue weighted by molar-refractivity contribution is 0.0215. The Morgan fingerprint density at radius 2 is 2.35 bits per heavy atom. The van der Waals surface area contributed by atoms with E-state index in [2.05, 4.69) is 15.6 Å². The maximum atomic E-state index is 10.2. The van der Waals surface area contributed by atoms with Crippen molar-refractivity contribution >= 4 is 0 Å². The van der Waals surface area contributed by atoms with Gasteiger partial charge in [0.05, 0.1) is 23.5 Å². The van der Waals surface area contributed by atoms with Gasteiger partial charge in [-0.3, -0.25) is 0 Å². The molecule has 0 radical (unpaired) electrons. The number of nitrogens with zero attached hydrogens (tertiary/aromatic N) is 3. The van der Waals surface area contributed by atoms with Crippen molar-refractivity contribution in [3.8, 4) is 0 Å². The Kier molecular flexibility index (Phi) is 2.67. The van der Waals surface area contributed by atoms with Crippen LogP contribution in [0.15, 0.2) is 6.20 Å². The lowest BCUT2D eigenvalue weighted by Gasteiger charge is -2.24. The lowest BCUT2D eigenvalue weighted by Crippen LogP contribution is -2.31. The van der Waals surface area contributed by atoms with Crippen molar-refractivity contribution in [1.82, 2.24) is 20.3 Å². The van der Waals surface area contributed by atoms with E-state index in [1.54, 1.807) is 0 Å². The Bertz CT molecular complexity index is 397. The van der Waals surface area contributed by atoms with Gasteiger partial charge in [-0.05, 0) is 39.0 Å². The molecule has 94 valence electrons. The highest BCUT2D eigenvalue weighted by Gasteiger charge is 2.38. The second-order valence-corrected chi connectivity index (χ2v) is 5.61. The third kappa shape index (κ3) is 2.35. The van der Waals surface area contributed by atoms with Gasteiger partial charge in [-0.2, -0.15) is 0 Å². The first-order valence-electron chi connectivity index (χ1n) is 6.52. The van der Waals surface area contributed by atoms with Crippen molar-refractivity contribution in [2.75, 3.05) is 0 Å². The molecule has 0 amide bonds. The van der Waals surface area contributed by atoms with Crippen LogP contribution in [0.5, 0.6) is 0 Å². The molecule has 2 fully saturated rings. The molecule has 1 heterocycles. The topological polar surface area (TPSA) is 63.0 Å². The number of hydrogen-bond donors (Lipinski definition) is 2. The molecule has 2 N–H and O–H groups in total. The van der Waals surface area contributed by atoms with E-state index >= 15 is 0 Å². The second-order valence-electron chi connectivity index (χ2n) is 5.61. The zero-order valence-electron chi connectivity index (χ0n) is 10.3. The molecule has 0 spiro atoms. The zero-order valence-corrected chi connectivity index (χ0v) is 10.3. The molecule has 2 aliphatic carbocycles. The van der Waals surface area contributed by atoms with Gasteiger partial charge in [0.25, 0.3) is 0 Å². The summed E-state index contributed by atoms with van der Waals surface area (Å²) in [5, 5.41) is 22.0. The molecule has 0 aromatic carbocycles. The Labute approximate surface area is 101 Å². The van der Waals surface area contributed by atoms with E-state index < -0.39 is 5.60 Å². The molecule has 5 nitrogen and oxygen atoms in total. The van der Waals surface area contributed by atoms with Crippen LogP contribution in [0, 0.1) is 0 Å². The molecule has 5 heteroatoms. The van der Waals surface area contributed by atoms with Crippen LogP contribution in [0.25, 0.3) is 0 Å². The molecule has 1 aromatic heterocycles. The Morgan fingerprint density at radius 1 is 1.53 bits per heavy atom. The first-order valence-corrected chi connectivity index (χ1v) is 6.52. The van der Waals surface area contributed by atoms with Crippen LogP contribution >= 0.6 is 0 Å². The fourth-order valence-corrected chi connectivity index (χ4v) is 2.63. The highest BCUT2D eigenvalue weighted by molar-refractivity contribution is 4.99. The average Bonchev–Trinajstić information content (AvgIpc) is 2.88. The summed E-state index contributed by atoms with van der Waals surface area (Å²) in [6, 6.07) is 0.777. The van der Waals surface area contributed by atoms with Crippen LogP contribution < -0.4 is 5.32 Å². The summed E-state index contributed by atoms with van der Waals surface area (Å²) in [6.45, 7) is 2.69. The minimum absolute atomic E-state index is 0.0877. The Morgan fingerprint density at radius 3 is 3.00 bits per heavy atom. The Balaban J connectivity index is 1.66. The van der Waals surface area contributed by atoms with Crippen molar-refractivity contribution < 1.29 is 5.11 Å². The second kappa shape index (κ2) is 4.07. The average molecular weight is 236 g/mol. The first kappa shape index (κ1) is 11.2. The molecule has 2 atom stereocenters. The third-order valence-electron chi connectivity index (χ3n) is 3.90. The van der Waals surface area contributed by atoms with Gasteiger partial charge in [-0.1, -0.05) is 5.21 Å². The standard InChI is InChI=1S/C12H20N4O/c1-12(17)6-2-3-11(12)16-8-10(14-15-16)7-13-9-4-5-9/h8-9,11,13,17H,2-7H2,1H3. The van der Waals surface area contributed by atoms with Gasteiger partial charge in [0.2, 0.25) is 0 Å². The van der Waals surface area contributed by atoms with Gasteiger partial charge in [-0.15, -0.1) is 5.10 Å². The summed E-state index contributed by atoms with van der Waals surface area (Å²) in [5.74, 6) is 0. The first-order chi connectivity index (χ1) is 8.15. The van der Waals surface area contributed by atoms with Gasteiger partial charge in [0, 0.05) is 12.6 Å².